The number of para-hydroxylation sites is 3. The van der Waals surface area contributed by atoms with E-state index in [2.05, 4.69) is 216 Å². The molecule has 0 bridgehead atoms. The lowest BCUT2D eigenvalue weighted by Gasteiger charge is -2.29. The Morgan fingerprint density at radius 3 is 1.58 bits per heavy atom. The molecule has 0 spiro atoms. The van der Waals surface area contributed by atoms with Gasteiger partial charge in [0.15, 0.2) is 0 Å². The molecule has 0 aliphatic carbocycles. The summed E-state index contributed by atoms with van der Waals surface area (Å²) in [6.45, 7) is 0. The smallest absolute Gasteiger partial charge is 0.0562 e. The standard InChI is InChI=1S/C48H34N2/c1-4-17-35(18-5-1)36-31-33-39(34-32-36)50(44-27-14-12-25-42(44)41-24-11-10-23-40(41)37-19-6-2-7-20-37)47-30-16-29-46-48(47)43-26-13-15-28-45(43)49(46)38-21-8-3-9-22-38/h1-34H. The zero-order valence-corrected chi connectivity index (χ0v) is 27.5. The van der Waals surface area contributed by atoms with E-state index in [1.807, 2.05) is 0 Å². The molecule has 0 aliphatic heterocycles. The van der Waals surface area contributed by atoms with Gasteiger partial charge in [-0.3, -0.25) is 0 Å². The van der Waals surface area contributed by atoms with Crippen LogP contribution in [-0.4, -0.2) is 4.57 Å². The molecular formula is C48H34N2. The molecule has 0 amide bonds. The maximum Gasteiger partial charge on any atom is 0.0562 e. The monoisotopic (exact) mass is 638 g/mol. The van der Waals surface area contributed by atoms with Crippen LogP contribution in [0.4, 0.5) is 17.1 Å². The van der Waals surface area contributed by atoms with Crippen molar-refractivity contribution < 1.29 is 0 Å². The van der Waals surface area contributed by atoms with Crippen LogP contribution in [0.25, 0.3) is 60.9 Å². The zero-order valence-electron chi connectivity index (χ0n) is 27.5. The number of rotatable bonds is 7. The first-order valence-corrected chi connectivity index (χ1v) is 17.1. The third kappa shape index (κ3) is 5.15. The predicted octanol–water partition coefficient (Wildman–Crippen LogP) is 13.3. The van der Waals surface area contributed by atoms with E-state index in [4.69, 9.17) is 0 Å². The summed E-state index contributed by atoms with van der Waals surface area (Å²) in [7, 11) is 0. The molecule has 9 aromatic rings. The van der Waals surface area contributed by atoms with Crippen molar-refractivity contribution in [3.8, 4) is 39.1 Å². The quantitative estimate of drug-likeness (QED) is 0.169. The van der Waals surface area contributed by atoms with Crippen LogP contribution >= 0.6 is 0 Å². The number of benzene rings is 8. The fourth-order valence-electron chi connectivity index (χ4n) is 7.37. The van der Waals surface area contributed by atoms with Gasteiger partial charge in [0.05, 0.1) is 22.4 Å². The molecule has 2 nitrogen and oxygen atoms in total. The highest BCUT2D eigenvalue weighted by Crippen LogP contribution is 2.47. The van der Waals surface area contributed by atoms with E-state index in [-0.39, 0.29) is 0 Å². The van der Waals surface area contributed by atoms with Gasteiger partial charge in [0.1, 0.15) is 0 Å². The van der Waals surface area contributed by atoms with Gasteiger partial charge in [0.25, 0.3) is 0 Å². The summed E-state index contributed by atoms with van der Waals surface area (Å²) in [4.78, 5) is 2.45. The van der Waals surface area contributed by atoms with Crippen LogP contribution in [0, 0.1) is 0 Å². The Morgan fingerprint density at radius 2 is 0.840 bits per heavy atom. The van der Waals surface area contributed by atoms with Gasteiger partial charge in [-0.25, -0.2) is 0 Å². The molecule has 0 fully saturated rings. The highest BCUT2D eigenvalue weighted by atomic mass is 15.1. The molecule has 50 heavy (non-hydrogen) atoms. The van der Waals surface area contributed by atoms with E-state index in [0.29, 0.717) is 0 Å². The molecule has 2 heteroatoms. The summed E-state index contributed by atoms with van der Waals surface area (Å²) in [5, 5.41) is 2.43. The lowest BCUT2D eigenvalue weighted by atomic mass is 9.93. The maximum absolute atomic E-state index is 2.45. The van der Waals surface area contributed by atoms with Crippen molar-refractivity contribution >= 4 is 38.9 Å². The lowest BCUT2D eigenvalue weighted by Crippen LogP contribution is -2.12. The maximum atomic E-state index is 2.45. The first kappa shape index (κ1) is 29.5. The van der Waals surface area contributed by atoms with Crippen molar-refractivity contribution in [1.82, 2.24) is 4.57 Å². The van der Waals surface area contributed by atoms with Crippen molar-refractivity contribution in [3.05, 3.63) is 206 Å². The fourth-order valence-corrected chi connectivity index (χ4v) is 7.37. The molecule has 9 rings (SSSR count). The van der Waals surface area contributed by atoms with Crippen molar-refractivity contribution in [2.45, 2.75) is 0 Å². The minimum Gasteiger partial charge on any atom is -0.309 e. The minimum absolute atomic E-state index is 1.10. The highest BCUT2D eigenvalue weighted by molar-refractivity contribution is 6.17. The Hall–Kier alpha value is -6.64. The summed E-state index contributed by atoms with van der Waals surface area (Å²) in [6.07, 6.45) is 0. The van der Waals surface area contributed by atoms with Gasteiger partial charge >= 0.3 is 0 Å². The zero-order chi connectivity index (χ0) is 33.3. The van der Waals surface area contributed by atoms with Gasteiger partial charge in [-0.05, 0) is 76.3 Å². The Balaban J connectivity index is 1.33. The molecule has 0 aliphatic rings. The van der Waals surface area contributed by atoms with E-state index >= 15 is 0 Å². The van der Waals surface area contributed by atoms with Gasteiger partial charge in [-0.1, -0.05) is 158 Å². The average Bonchev–Trinajstić information content (AvgIpc) is 3.55. The fraction of sp³-hybridized carbons (Fsp3) is 0. The third-order valence-electron chi connectivity index (χ3n) is 9.61. The van der Waals surface area contributed by atoms with Crippen LogP contribution in [0.5, 0.6) is 0 Å². The van der Waals surface area contributed by atoms with Gasteiger partial charge in [-0.15, -0.1) is 0 Å². The van der Waals surface area contributed by atoms with E-state index in [1.165, 1.54) is 55.2 Å². The summed E-state index contributed by atoms with van der Waals surface area (Å²) >= 11 is 0. The van der Waals surface area contributed by atoms with Crippen LogP contribution < -0.4 is 4.90 Å². The number of aromatic nitrogens is 1. The van der Waals surface area contributed by atoms with Crippen LogP contribution in [0.2, 0.25) is 0 Å². The topological polar surface area (TPSA) is 8.17 Å². The van der Waals surface area contributed by atoms with Crippen LogP contribution in [0.1, 0.15) is 0 Å². The molecule has 0 unspecified atom stereocenters. The molecule has 1 heterocycles. The first-order chi connectivity index (χ1) is 24.8. The molecule has 0 saturated carbocycles. The Bertz CT molecular complexity index is 2570. The third-order valence-corrected chi connectivity index (χ3v) is 9.61. The average molecular weight is 639 g/mol. The van der Waals surface area contributed by atoms with Gasteiger partial charge in [0, 0.05) is 27.7 Å². The predicted molar refractivity (Wildman–Crippen MR) is 212 cm³/mol. The van der Waals surface area contributed by atoms with E-state index in [1.54, 1.807) is 0 Å². The number of anilines is 3. The van der Waals surface area contributed by atoms with E-state index in [9.17, 15) is 0 Å². The van der Waals surface area contributed by atoms with Crippen molar-refractivity contribution in [2.75, 3.05) is 4.90 Å². The summed E-state index contributed by atoms with van der Waals surface area (Å²) in [5.41, 5.74) is 14.0. The summed E-state index contributed by atoms with van der Waals surface area (Å²) in [5.74, 6) is 0. The molecular weight excluding hydrogens is 605 g/mol. The van der Waals surface area contributed by atoms with E-state index in [0.717, 1.165) is 22.7 Å². The molecule has 236 valence electrons. The van der Waals surface area contributed by atoms with Gasteiger partial charge in [-0.2, -0.15) is 0 Å². The van der Waals surface area contributed by atoms with Crippen LogP contribution in [0.15, 0.2) is 206 Å². The SMILES string of the molecule is c1ccc(-c2ccc(N(c3ccccc3-c3ccccc3-c3ccccc3)c3cccc4c3c3ccccc3n4-c3ccccc3)cc2)cc1. The second kappa shape index (κ2) is 12.8. The first-order valence-electron chi connectivity index (χ1n) is 17.1. The molecule has 8 aromatic carbocycles. The second-order valence-electron chi connectivity index (χ2n) is 12.5. The number of hydrogen-bond donors (Lipinski definition) is 0. The highest BCUT2D eigenvalue weighted by Gasteiger charge is 2.23. The Morgan fingerprint density at radius 1 is 0.320 bits per heavy atom. The summed E-state index contributed by atoms with van der Waals surface area (Å²) < 4.78 is 2.39. The number of nitrogens with zero attached hydrogens (tertiary/aromatic N) is 2. The largest absolute Gasteiger partial charge is 0.309 e. The molecule has 0 radical (unpaired) electrons. The Labute approximate surface area is 292 Å². The lowest BCUT2D eigenvalue weighted by molar-refractivity contribution is 1.18. The Kier molecular flexibility index (Phi) is 7.53. The van der Waals surface area contributed by atoms with Gasteiger partial charge in [0.2, 0.25) is 0 Å². The molecule has 1 aromatic heterocycles. The molecule has 0 atom stereocenters. The van der Waals surface area contributed by atoms with Crippen molar-refractivity contribution in [2.24, 2.45) is 0 Å². The molecule has 0 N–H and O–H groups in total. The summed E-state index contributed by atoms with van der Waals surface area (Å²) in [6, 6.07) is 74.1. The van der Waals surface area contributed by atoms with Crippen LogP contribution in [0.3, 0.4) is 0 Å². The van der Waals surface area contributed by atoms with Crippen molar-refractivity contribution in [3.63, 3.8) is 0 Å². The van der Waals surface area contributed by atoms with Gasteiger partial charge < -0.3 is 9.47 Å². The van der Waals surface area contributed by atoms with Crippen molar-refractivity contribution in [1.29, 1.82) is 0 Å². The molecule has 0 saturated heterocycles. The van der Waals surface area contributed by atoms with Crippen LogP contribution in [-0.2, 0) is 0 Å². The minimum atomic E-state index is 1.10. The second-order valence-corrected chi connectivity index (χ2v) is 12.5. The normalized spacial score (nSPS) is 11.2. The number of hydrogen-bond acceptors (Lipinski definition) is 1. The van der Waals surface area contributed by atoms with E-state index < -0.39 is 0 Å². The number of fused-ring (bicyclic) bond motifs is 3.